The zero-order chi connectivity index (χ0) is 7.56. The van der Waals surface area contributed by atoms with Crippen molar-refractivity contribution in [3.05, 3.63) is 0 Å². The van der Waals surface area contributed by atoms with E-state index >= 15 is 0 Å². The third-order valence-electron chi connectivity index (χ3n) is 2.54. The fourth-order valence-electron chi connectivity index (χ4n) is 1.65. The second-order valence-corrected chi connectivity index (χ2v) is 3.50. The van der Waals surface area contributed by atoms with E-state index in [-0.39, 0.29) is 0 Å². The highest BCUT2D eigenvalue weighted by molar-refractivity contribution is 4.77. The van der Waals surface area contributed by atoms with Gasteiger partial charge in [-0.15, -0.1) is 0 Å². The summed E-state index contributed by atoms with van der Waals surface area (Å²) in [5.74, 6) is 0.879. The predicted molar refractivity (Wildman–Crippen MR) is 43.9 cm³/mol. The van der Waals surface area contributed by atoms with Crippen LogP contribution in [0.5, 0.6) is 0 Å². The molecule has 0 aromatic heterocycles. The Balaban J connectivity index is 2.38. The largest absolute Gasteiger partial charge is 0.329 e. The molecule has 0 aromatic rings. The standard InChI is InChI=1S/C8H18N2/c1-7-3-4-10(2)8(5-7)6-9/h7-8H,3-6,9H2,1-2H3/t7-,8-/m1/s1. The first-order valence-corrected chi connectivity index (χ1v) is 4.14. The molecule has 0 saturated carbocycles. The SMILES string of the molecule is C[C@@H]1CCN(C)[C@@H](CN)C1. The summed E-state index contributed by atoms with van der Waals surface area (Å²) in [5, 5.41) is 0. The van der Waals surface area contributed by atoms with E-state index in [0.29, 0.717) is 6.04 Å². The molecule has 2 nitrogen and oxygen atoms in total. The lowest BCUT2D eigenvalue weighted by Gasteiger charge is -2.34. The molecule has 0 radical (unpaired) electrons. The van der Waals surface area contributed by atoms with Gasteiger partial charge in [-0.05, 0) is 32.4 Å². The van der Waals surface area contributed by atoms with Crippen molar-refractivity contribution in [2.45, 2.75) is 25.8 Å². The second-order valence-electron chi connectivity index (χ2n) is 3.50. The van der Waals surface area contributed by atoms with Crippen LogP contribution in [0.25, 0.3) is 0 Å². The summed E-state index contributed by atoms with van der Waals surface area (Å²) in [6, 6.07) is 0.642. The molecule has 2 N–H and O–H groups in total. The molecule has 1 heterocycles. The monoisotopic (exact) mass is 142 g/mol. The Labute approximate surface area is 63.4 Å². The molecule has 10 heavy (non-hydrogen) atoms. The fraction of sp³-hybridized carbons (Fsp3) is 1.00. The van der Waals surface area contributed by atoms with Gasteiger partial charge >= 0.3 is 0 Å². The van der Waals surface area contributed by atoms with Crippen molar-refractivity contribution in [3.63, 3.8) is 0 Å². The molecule has 0 unspecified atom stereocenters. The van der Waals surface area contributed by atoms with Gasteiger partial charge in [0.2, 0.25) is 0 Å². The number of nitrogens with two attached hydrogens (primary N) is 1. The lowest BCUT2D eigenvalue weighted by Crippen LogP contribution is -2.43. The molecule has 2 atom stereocenters. The predicted octanol–water partition coefficient (Wildman–Crippen LogP) is 0.675. The third kappa shape index (κ3) is 1.70. The van der Waals surface area contributed by atoms with Crippen LogP contribution in [-0.2, 0) is 0 Å². The molecule has 0 aromatic carbocycles. The van der Waals surface area contributed by atoms with Crippen LogP contribution in [0, 0.1) is 5.92 Å². The number of likely N-dealkylation sites (N-methyl/N-ethyl adjacent to an activating group) is 1. The minimum atomic E-state index is 0.642. The highest BCUT2D eigenvalue weighted by atomic mass is 15.1. The Morgan fingerprint density at radius 2 is 2.30 bits per heavy atom. The van der Waals surface area contributed by atoms with Gasteiger partial charge in [0.25, 0.3) is 0 Å². The quantitative estimate of drug-likeness (QED) is 0.583. The van der Waals surface area contributed by atoms with E-state index in [4.69, 9.17) is 5.73 Å². The van der Waals surface area contributed by atoms with Crippen LogP contribution in [0.2, 0.25) is 0 Å². The first-order chi connectivity index (χ1) is 4.74. The summed E-state index contributed by atoms with van der Waals surface area (Å²) in [5.41, 5.74) is 5.61. The van der Waals surface area contributed by atoms with Crippen LogP contribution in [-0.4, -0.2) is 31.1 Å². The zero-order valence-electron chi connectivity index (χ0n) is 7.01. The van der Waals surface area contributed by atoms with Crippen molar-refractivity contribution in [1.82, 2.24) is 4.90 Å². The average molecular weight is 142 g/mol. The van der Waals surface area contributed by atoms with E-state index < -0.39 is 0 Å². The molecule has 0 bridgehead atoms. The van der Waals surface area contributed by atoms with E-state index in [1.54, 1.807) is 0 Å². The lowest BCUT2D eigenvalue weighted by molar-refractivity contribution is 0.154. The molecule has 1 aliphatic rings. The van der Waals surface area contributed by atoms with E-state index in [1.807, 2.05) is 0 Å². The molecule has 0 spiro atoms. The third-order valence-corrected chi connectivity index (χ3v) is 2.54. The molecule has 1 saturated heterocycles. The van der Waals surface area contributed by atoms with E-state index in [9.17, 15) is 0 Å². The zero-order valence-corrected chi connectivity index (χ0v) is 7.01. The number of piperidine rings is 1. The van der Waals surface area contributed by atoms with Gasteiger partial charge in [-0.25, -0.2) is 0 Å². The van der Waals surface area contributed by atoms with Crippen molar-refractivity contribution in [2.75, 3.05) is 20.1 Å². The Morgan fingerprint density at radius 1 is 1.60 bits per heavy atom. The highest BCUT2D eigenvalue weighted by Crippen LogP contribution is 2.19. The van der Waals surface area contributed by atoms with Crippen LogP contribution in [0.3, 0.4) is 0 Å². The minimum absolute atomic E-state index is 0.642. The Bertz CT molecular complexity index is 103. The Morgan fingerprint density at radius 3 is 2.80 bits per heavy atom. The van der Waals surface area contributed by atoms with Gasteiger partial charge in [0.1, 0.15) is 0 Å². The minimum Gasteiger partial charge on any atom is -0.329 e. The molecular weight excluding hydrogens is 124 g/mol. The maximum absolute atomic E-state index is 5.61. The van der Waals surface area contributed by atoms with Gasteiger partial charge in [-0.2, -0.15) is 0 Å². The number of hydrogen-bond donors (Lipinski definition) is 1. The molecular formula is C8H18N2. The van der Waals surface area contributed by atoms with Gasteiger partial charge in [0.05, 0.1) is 0 Å². The van der Waals surface area contributed by atoms with Crippen molar-refractivity contribution in [1.29, 1.82) is 0 Å². The molecule has 0 amide bonds. The summed E-state index contributed by atoms with van der Waals surface area (Å²) in [4.78, 5) is 2.38. The topological polar surface area (TPSA) is 29.3 Å². The normalized spacial score (nSPS) is 36.3. The number of hydrogen-bond acceptors (Lipinski definition) is 2. The summed E-state index contributed by atoms with van der Waals surface area (Å²) >= 11 is 0. The van der Waals surface area contributed by atoms with Crippen LogP contribution in [0.1, 0.15) is 19.8 Å². The van der Waals surface area contributed by atoms with Gasteiger partial charge < -0.3 is 10.6 Å². The van der Waals surface area contributed by atoms with Crippen molar-refractivity contribution >= 4 is 0 Å². The highest BCUT2D eigenvalue weighted by Gasteiger charge is 2.21. The lowest BCUT2D eigenvalue weighted by atomic mass is 9.93. The summed E-state index contributed by atoms with van der Waals surface area (Å²) < 4.78 is 0. The van der Waals surface area contributed by atoms with Gasteiger partial charge in [0, 0.05) is 12.6 Å². The molecule has 2 heteroatoms. The van der Waals surface area contributed by atoms with E-state index in [2.05, 4.69) is 18.9 Å². The van der Waals surface area contributed by atoms with Crippen LogP contribution < -0.4 is 5.73 Å². The first-order valence-electron chi connectivity index (χ1n) is 4.14. The van der Waals surface area contributed by atoms with Gasteiger partial charge in [-0.3, -0.25) is 0 Å². The van der Waals surface area contributed by atoms with E-state index in [1.165, 1.54) is 19.4 Å². The smallest absolute Gasteiger partial charge is 0.0217 e. The van der Waals surface area contributed by atoms with Gasteiger partial charge in [-0.1, -0.05) is 6.92 Å². The van der Waals surface area contributed by atoms with Crippen molar-refractivity contribution < 1.29 is 0 Å². The van der Waals surface area contributed by atoms with Crippen LogP contribution >= 0.6 is 0 Å². The fourth-order valence-corrected chi connectivity index (χ4v) is 1.65. The first kappa shape index (κ1) is 8.02. The average Bonchev–Trinajstić information content (AvgIpc) is 1.94. The molecule has 60 valence electrons. The Kier molecular flexibility index (Phi) is 2.69. The van der Waals surface area contributed by atoms with Crippen molar-refractivity contribution in [2.24, 2.45) is 11.7 Å². The second kappa shape index (κ2) is 3.35. The van der Waals surface area contributed by atoms with Gasteiger partial charge in [0.15, 0.2) is 0 Å². The molecule has 1 rings (SSSR count). The Hall–Kier alpha value is -0.0800. The summed E-state index contributed by atoms with van der Waals surface area (Å²) in [6.07, 6.45) is 2.62. The van der Waals surface area contributed by atoms with E-state index in [0.717, 1.165) is 12.5 Å². The number of likely N-dealkylation sites (tertiary alicyclic amines) is 1. The summed E-state index contributed by atoms with van der Waals surface area (Å²) in [6.45, 7) is 4.36. The molecule has 0 aliphatic carbocycles. The maximum atomic E-state index is 5.61. The number of nitrogens with zero attached hydrogens (tertiary/aromatic N) is 1. The van der Waals surface area contributed by atoms with Crippen molar-refractivity contribution in [3.8, 4) is 0 Å². The molecule has 1 fully saturated rings. The van der Waals surface area contributed by atoms with Crippen LogP contribution in [0.15, 0.2) is 0 Å². The molecule has 1 aliphatic heterocycles. The van der Waals surface area contributed by atoms with Crippen LogP contribution in [0.4, 0.5) is 0 Å². The maximum Gasteiger partial charge on any atom is 0.0217 e. The summed E-state index contributed by atoms with van der Waals surface area (Å²) in [7, 11) is 2.17. The number of rotatable bonds is 1.